The van der Waals surface area contributed by atoms with Crippen LogP contribution < -0.4 is 0 Å². The molecular weight excluding hydrogens is 390 g/mol. The van der Waals surface area contributed by atoms with Crippen LogP contribution in [-0.2, 0) is 16.6 Å². The first-order valence-electron chi connectivity index (χ1n) is 8.49. The molecule has 0 aliphatic carbocycles. The van der Waals surface area contributed by atoms with Crippen molar-refractivity contribution in [1.82, 2.24) is 9.21 Å². The second-order valence-corrected chi connectivity index (χ2v) is 8.86. The lowest BCUT2D eigenvalue weighted by molar-refractivity contribution is -0.385. The van der Waals surface area contributed by atoms with E-state index in [9.17, 15) is 18.5 Å². The van der Waals surface area contributed by atoms with Gasteiger partial charge in [-0.1, -0.05) is 29.8 Å². The summed E-state index contributed by atoms with van der Waals surface area (Å²) in [5.41, 5.74) is 1.40. The summed E-state index contributed by atoms with van der Waals surface area (Å²) in [6.45, 7) is 4.25. The lowest BCUT2D eigenvalue weighted by Crippen LogP contribution is -2.48. The maximum absolute atomic E-state index is 13.0. The van der Waals surface area contributed by atoms with E-state index in [-0.39, 0.29) is 10.6 Å². The monoisotopic (exact) mass is 409 g/mol. The highest BCUT2D eigenvalue weighted by atomic mass is 35.5. The molecule has 1 saturated heterocycles. The van der Waals surface area contributed by atoms with Crippen molar-refractivity contribution in [3.05, 3.63) is 68.7 Å². The summed E-state index contributed by atoms with van der Waals surface area (Å²) in [5, 5.41) is 11.7. The van der Waals surface area contributed by atoms with Crippen molar-refractivity contribution >= 4 is 27.3 Å². The van der Waals surface area contributed by atoms with E-state index in [1.165, 1.54) is 16.4 Å². The van der Waals surface area contributed by atoms with Gasteiger partial charge >= 0.3 is 0 Å². The number of halogens is 1. The maximum atomic E-state index is 13.0. The minimum Gasteiger partial charge on any atom is -0.296 e. The van der Waals surface area contributed by atoms with E-state index in [0.717, 1.165) is 18.2 Å². The van der Waals surface area contributed by atoms with Gasteiger partial charge in [-0.3, -0.25) is 15.0 Å². The number of nitrogens with zero attached hydrogens (tertiary/aromatic N) is 3. The van der Waals surface area contributed by atoms with Crippen molar-refractivity contribution in [3.63, 3.8) is 0 Å². The first-order valence-corrected chi connectivity index (χ1v) is 10.3. The van der Waals surface area contributed by atoms with Gasteiger partial charge in [0, 0.05) is 49.9 Å². The zero-order valence-electron chi connectivity index (χ0n) is 14.8. The van der Waals surface area contributed by atoms with E-state index in [0.29, 0.717) is 36.8 Å². The van der Waals surface area contributed by atoms with Gasteiger partial charge in [0.05, 0.1) is 9.82 Å². The number of rotatable bonds is 5. The lowest BCUT2D eigenvalue weighted by atomic mass is 10.2. The van der Waals surface area contributed by atoms with Crippen LogP contribution in [-0.4, -0.2) is 48.7 Å². The van der Waals surface area contributed by atoms with Gasteiger partial charge in [0.2, 0.25) is 10.0 Å². The molecule has 0 bridgehead atoms. The summed E-state index contributed by atoms with van der Waals surface area (Å²) in [6.07, 6.45) is 0. The summed E-state index contributed by atoms with van der Waals surface area (Å²) in [4.78, 5) is 12.6. The molecule has 1 aliphatic heterocycles. The van der Waals surface area contributed by atoms with Crippen molar-refractivity contribution in [3.8, 4) is 0 Å². The number of sulfonamides is 1. The van der Waals surface area contributed by atoms with Crippen LogP contribution >= 0.6 is 11.6 Å². The van der Waals surface area contributed by atoms with Gasteiger partial charge in [0.1, 0.15) is 0 Å². The number of piperazine rings is 1. The predicted molar refractivity (Wildman–Crippen MR) is 103 cm³/mol. The number of nitro groups is 1. The number of benzene rings is 2. The second-order valence-electron chi connectivity index (χ2n) is 6.51. The first kappa shape index (κ1) is 19.8. The molecule has 2 aromatic carbocycles. The van der Waals surface area contributed by atoms with E-state index in [1.54, 1.807) is 6.92 Å². The Labute approximate surface area is 163 Å². The summed E-state index contributed by atoms with van der Waals surface area (Å²) in [6, 6.07) is 11.5. The fourth-order valence-corrected chi connectivity index (χ4v) is 4.89. The third kappa shape index (κ3) is 4.47. The van der Waals surface area contributed by atoms with Crippen LogP contribution in [0.3, 0.4) is 0 Å². The molecule has 0 unspecified atom stereocenters. The Kier molecular flexibility index (Phi) is 5.81. The molecule has 0 atom stereocenters. The van der Waals surface area contributed by atoms with Gasteiger partial charge in [-0.25, -0.2) is 8.42 Å². The van der Waals surface area contributed by atoms with Crippen molar-refractivity contribution in [2.75, 3.05) is 26.2 Å². The fraction of sp³-hybridized carbons (Fsp3) is 0.333. The molecule has 0 N–H and O–H groups in total. The Balaban J connectivity index is 1.70. The molecule has 144 valence electrons. The Bertz CT molecular complexity index is 940. The number of hydrogen-bond donors (Lipinski definition) is 0. The largest absolute Gasteiger partial charge is 0.296 e. The molecule has 27 heavy (non-hydrogen) atoms. The number of non-ortho nitro benzene ring substituents is 1. The number of hydrogen-bond acceptors (Lipinski definition) is 5. The SMILES string of the molecule is Cc1ccc([N+](=O)[O-])cc1S(=O)(=O)N1CCN(Cc2ccc(Cl)cc2)CC1. The summed E-state index contributed by atoms with van der Waals surface area (Å²) in [5.74, 6) is 0. The Morgan fingerprint density at radius 3 is 2.30 bits per heavy atom. The molecule has 0 amide bonds. The Hall–Kier alpha value is -2.00. The molecule has 0 spiro atoms. The van der Waals surface area contributed by atoms with E-state index in [4.69, 9.17) is 11.6 Å². The molecule has 2 aromatic rings. The molecule has 3 rings (SSSR count). The third-order valence-corrected chi connectivity index (χ3v) is 6.94. The standard InChI is InChI=1S/C18H20ClN3O4S/c1-14-2-7-17(22(23)24)12-18(14)27(25,26)21-10-8-20(9-11-21)13-15-3-5-16(19)6-4-15/h2-7,12H,8-11,13H2,1H3. The quantitative estimate of drug-likeness (QED) is 0.559. The van der Waals surface area contributed by atoms with Crippen LogP contribution in [0.15, 0.2) is 47.4 Å². The van der Waals surface area contributed by atoms with E-state index >= 15 is 0 Å². The van der Waals surface area contributed by atoms with Crippen LogP contribution in [0.1, 0.15) is 11.1 Å². The molecule has 1 aliphatic rings. The third-order valence-electron chi connectivity index (χ3n) is 4.65. The Morgan fingerprint density at radius 2 is 1.70 bits per heavy atom. The van der Waals surface area contributed by atoms with Crippen LogP contribution in [0.2, 0.25) is 5.02 Å². The van der Waals surface area contributed by atoms with Crippen molar-refractivity contribution in [1.29, 1.82) is 0 Å². The summed E-state index contributed by atoms with van der Waals surface area (Å²) < 4.78 is 27.3. The maximum Gasteiger partial charge on any atom is 0.270 e. The first-order chi connectivity index (χ1) is 12.8. The number of nitro benzene ring substituents is 1. The van der Waals surface area contributed by atoms with Gasteiger partial charge in [-0.05, 0) is 30.2 Å². The van der Waals surface area contributed by atoms with E-state index < -0.39 is 14.9 Å². The molecule has 7 nitrogen and oxygen atoms in total. The molecule has 1 fully saturated rings. The van der Waals surface area contributed by atoms with E-state index in [2.05, 4.69) is 4.90 Å². The molecular formula is C18H20ClN3O4S. The minimum atomic E-state index is -3.77. The molecule has 0 aromatic heterocycles. The zero-order chi connectivity index (χ0) is 19.6. The molecule has 0 radical (unpaired) electrons. The fourth-order valence-electron chi connectivity index (χ4n) is 3.10. The smallest absolute Gasteiger partial charge is 0.270 e. The van der Waals surface area contributed by atoms with Gasteiger partial charge in [0.15, 0.2) is 0 Å². The zero-order valence-corrected chi connectivity index (χ0v) is 16.4. The predicted octanol–water partition coefficient (Wildman–Crippen LogP) is 3.06. The minimum absolute atomic E-state index is 0.00264. The highest BCUT2D eigenvalue weighted by Gasteiger charge is 2.30. The Morgan fingerprint density at radius 1 is 1.07 bits per heavy atom. The normalized spacial score (nSPS) is 16.4. The summed E-state index contributed by atoms with van der Waals surface area (Å²) >= 11 is 5.90. The van der Waals surface area contributed by atoms with Crippen molar-refractivity contribution in [2.45, 2.75) is 18.4 Å². The van der Waals surface area contributed by atoms with Crippen LogP contribution in [0.4, 0.5) is 5.69 Å². The highest BCUT2D eigenvalue weighted by molar-refractivity contribution is 7.89. The average Bonchev–Trinajstić information content (AvgIpc) is 2.64. The topological polar surface area (TPSA) is 83.8 Å². The van der Waals surface area contributed by atoms with Gasteiger partial charge in [0.25, 0.3) is 5.69 Å². The van der Waals surface area contributed by atoms with Crippen LogP contribution in [0.25, 0.3) is 0 Å². The van der Waals surface area contributed by atoms with Crippen LogP contribution in [0, 0.1) is 17.0 Å². The van der Waals surface area contributed by atoms with Gasteiger partial charge < -0.3 is 0 Å². The molecule has 0 saturated carbocycles. The second kappa shape index (κ2) is 7.93. The highest BCUT2D eigenvalue weighted by Crippen LogP contribution is 2.25. The van der Waals surface area contributed by atoms with Crippen molar-refractivity contribution < 1.29 is 13.3 Å². The van der Waals surface area contributed by atoms with Gasteiger partial charge in [-0.2, -0.15) is 4.31 Å². The lowest BCUT2D eigenvalue weighted by Gasteiger charge is -2.34. The molecule has 1 heterocycles. The van der Waals surface area contributed by atoms with Crippen molar-refractivity contribution in [2.24, 2.45) is 0 Å². The molecule has 9 heteroatoms. The van der Waals surface area contributed by atoms with Crippen LogP contribution in [0.5, 0.6) is 0 Å². The number of aryl methyl sites for hydroxylation is 1. The summed E-state index contributed by atoms with van der Waals surface area (Å²) in [7, 11) is -3.77. The van der Waals surface area contributed by atoms with Gasteiger partial charge in [-0.15, -0.1) is 0 Å². The average molecular weight is 410 g/mol. The van der Waals surface area contributed by atoms with E-state index in [1.807, 2.05) is 24.3 Å².